The minimum Gasteiger partial charge on any atom is -0.497 e. The average molecular weight is 234 g/mol. The van der Waals surface area contributed by atoms with E-state index in [9.17, 15) is 4.79 Å². The number of nitrogens with zero attached hydrogens (tertiary/aromatic N) is 1. The second-order valence-corrected chi connectivity index (χ2v) is 4.13. The van der Waals surface area contributed by atoms with Gasteiger partial charge >= 0.3 is 0 Å². The van der Waals surface area contributed by atoms with E-state index < -0.39 is 11.5 Å². The third kappa shape index (κ3) is 2.08. The highest BCUT2D eigenvalue weighted by Crippen LogP contribution is 2.26. The van der Waals surface area contributed by atoms with Crippen molar-refractivity contribution in [1.29, 1.82) is 0 Å². The fraction of sp³-hybridized carbons (Fsp3) is 0.333. The predicted octanol–water partition coefficient (Wildman–Crippen LogP) is 1.06. The molecular formula is C12H14N2O3. The number of benzene rings is 1. The lowest BCUT2D eigenvalue weighted by molar-refractivity contribution is -0.138. The van der Waals surface area contributed by atoms with Gasteiger partial charge in [-0.1, -0.05) is 5.16 Å². The van der Waals surface area contributed by atoms with Crippen molar-refractivity contribution < 1.29 is 14.4 Å². The molecule has 1 aromatic rings. The van der Waals surface area contributed by atoms with Gasteiger partial charge in [-0.2, -0.15) is 0 Å². The molecule has 2 rings (SSSR count). The maximum atomic E-state index is 11.2. The summed E-state index contributed by atoms with van der Waals surface area (Å²) in [4.78, 5) is 16.3. The van der Waals surface area contributed by atoms with Crippen LogP contribution in [0, 0.1) is 0 Å². The Morgan fingerprint density at radius 2 is 2.12 bits per heavy atom. The normalized spacial score (nSPS) is 22.8. The van der Waals surface area contributed by atoms with Crippen LogP contribution in [-0.4, -0.2) is 24.3 Å². The van der Waals surface area contributed by atoms with Crippen LogP contribution in [-0.2, 0) is 9.63 Å². The lowest BCUT2D eigenvalue weighted by Gasteiger charge is -2.15. The first-order valence-corrected chi connectivity index (χ1v) is 5.24. The standard InChI is InChI=1S/C12H14N2O3/c1-12(11(13)15)7-10(14-17-12)8-3-5-9(16-2)6-4-8/h3-6H,7H2,1-2H3,(H2,13,15). The molecule has 1 unspecified atom stereocenters. The van der Waals surface area contributed by atoms with Crippen molar-refractivity contribution >= 4 is 11.6 Å². The number of methoxy groups -OCH3 is 1. The molecule has 1 aromatic carbocycles. The van der Waals surface area contributed by atoms with E-state index in [1.807, 2.05) is 24.3 Å². The van der Waals surface area contributed by atoms with Crippen LogP contribution in [0.1, 0.15) is 18.9 Å². The molecule has 0 radical (unpaired) electrons. The Hall–Kier alpha value is -2.04. The number of hydrogen-bond acceptors (Lipinski definition) is 4. The Labute approximate surface area is 99.2 Å². The highest BCUT2D eigenvalue weighted by molar-refractivity contribution is 6.05. The number of hydrogen-bond donors (Lipinski definition) is 1. The zero-order chi connectivity index (χ0) is 12.5. The molecule has 0 aliphatic carbocycles. The highest BCUT2D eigenvalue weighted by Gasteiger charge is 2.40. The first-order valence-electron chi connectivity index (χ1n) is 5.24. The van der Waals surface area contributed by atoms with Gasteiger partial charge in [0.25, 0.3) is 5.91 Å². The number of primary amides is 1. The summed E-state index contributed by atoms with van der Waals surface area (Å²) in [6.07, 6.45) is 0.384. The molecule has 1 amide bonds. The minimum absolute atomic E-state index is 0.384. The summed E-state index contributed by atoms with van der Waals surface area (Å²) in [6, 6.07) is 7.40. The van der Waals surface area contributed by atoms with E-state index in [0.29, 0.717) is 12.1 Å². The molecule has 1 heterocycles. The molecule has 0 bridgehead atoms. The van der Waals surface area contributed by atoms with E-state index in [2.05, 4.69) is 5.16 Å². The van der Waals surface area contributed by atoms with Gasteiger partial charge in [0, 0.05) is 6.42 Å². The van der Waals surface area contributed by atoms with Crippen LogP contribution in [0.15, 0.2) is 29.4 Å². The Morgan fingerprint density at radius 3 is 2.59 bits per heavy atom. The Kier molecular flexibility index (Phi) is 2.75. The van der Waals surface area contributed by atoms with E-state index >= 15 is 0 Å². The van der Waals surface area contributed by atoms with Gasteiger partial charge in [0.05, 0.1) is 12.8 Å². The number of rotatable bonds is 3. The maximum absolute atomic E-state index is 11.2. The topological polar surface area (TPSA) is 73.9 Å². The maximum Gasteiger partial charge on any atom is 0.264 e. The van der Waals surface area contributed by atoms with Gasteiger partial charge in [0.1, 0.15) is 5.75 Å². The SMILES string of the molecule is COc1ccc(C2=NOC(C)(C(N)=O)C2)cc1. The van der Waals surface area contributed by atoms with Gasteiger partial charge in [-0.25, -0.2) is 0 Å². The van der Waals surface area contributed by atoms with E-state index in [1.165, 1.54) is 0 Å². The van der Waals surface area contributed by atoms with Crippen LogP contribution in [0.4, 0.5) is 0 Å². The molecule has 2 N–H and O–H groups in total. The van der Waals surface area contributed by atoms with Crippen molar-refractivity contribution in [1.82, 2.24) is 0 Å². The number of carbonyl (C=O) groups excluding carboxylic acids is 1. The van der Waals surface area contributed by atoms with Gasteiger partial charge in [0.15, 0.2) is 0 Å². The Balaban J connectivity index is 2.17. The third-order valence-electron chi connectivity index (χ3n) is 2.81. The lowest BCUT2D eigenvalue weighted by atomic mass is 9.95. The monoisotopic (exact) mass is 234 g/mol. The van der Waals surface area contributed by atoms with Crippen molar-refractivity contribution in [3.8, 4) is 5.75 Å². The molecule has 1 aliphatic rings. The van der Waals surface area contributed by atoms with Gasteiger partial charge in [-0.05, 0) is 36.8 Å². The quantitative estimate of drug-likeness (QED) is 0.849. The number of ether oxygens (including phenoxy) is 1. The summed E-state index contributed by atoms with van der Waals surface area (Å²) in [6.45, 7) is 1.63. The van der Waals surface area contributed by atoms with E-state index in [-0.39, 0.29) is 0 Å². The largest absolute Gasteiger partial charge is 0.497 e. The number of nitrogens with two attached hydrogens (primary N) is 1. The molecule has 5 nitrogen and oxygen atoms in total. The van der Waals surface area contributed by atoms with Crippen LogP contribution in [0.5, 0.6) is 5.75 Å². The molecule has 0 spiro atoms. The summed E-state index contributed by atoms with van der Waals surface area (Å²) in [5.74, 6) is 0.260. The number of carbonyl (C=O) groups is 1. The van der Waals surface area contributed by atoms with Gasteiger partial charge in [0.2, 0.25) is 5.60 Å². The van der Waals surface area contributed by atoms with Crippen LogP contribution >= 0.6 is 0 Å². The molecule has 1 atom stereocenters. The van der Waals surface area contributed by atoms with Crippen LogP contribution in [0.3, 0.4) is 0 Å². The molecule has 0 saturated heterocycles. The Bertz CT molecular complexity index is 467. The summed E-state index contributed by atoms with van der Waals surface area (Å²) >= 11 is 0. The fourth-order valence-corrected chi connectivity index (χ4v) is 1.61. The first kappa shape index (κ1) is 11.4. The van der Waals surface area contributed by atoms with Gasteiger partial charge < -0.3 is 15.3 Å². The van der Waals surface area contributed by atoms with E-state index in [0.717, 1.165) is 11.3 Å². The molecule has 1 aliphatic heterocycles. The second kappa shape index (κ2) is 4.08. The van der Waals surface area contributed by atoms with Crippen molar-refractivity contribution in [3.05, 3.63) is 29.8 Å². The lowest BCUT2D eigenvalue weighted by Crippen LogP contribution is -2.41. The van der Waals surface area contributed by atoms with Crippen molar-refractivity contribution in [2.45, 2.75) is 18.9 Å². The molecule has 0 saturated carbocycles. The van der Waals surface area contributed by atoms with Crippen LogP contribution < -0.4 is 10.5 Å². The van der Waals surface area contributed by atoms with Crippen molar-refractivity contribution in [3.63, 3.8) is 0 Å². The predicted molar refractivity (Wildman–Crippen MR) is 62.8 cm³/mol. The Morgan fingerprint density at radius 1 is 1.47 bits per heavy atom. The molecule has 17 heavy (non-hydrogen) atoms. The van der Waals surface area contributed by atoms with Gasteiger partial charge in [-0.15, -0.1) is 0 Å². The van der Waals surface area contributed by atoms with E-state index in [1.54, 1.807) is 14.0 Å². The number of amides is 1. The molecule has 0 fully saturated rings. The summed E-state index contributed by atoms with van der Waals surface area (Å²) in [7, 11) is 1.61. The van der Waals surface area contributed by atoms with Crippen LogP contribution in [0.2, 0.25) is 0 Å². The average Bonchev–Trinajstić information content (AvgIpc) is 2.74. The zero-order valence-corrected chi connectivity index (χ0v) is 9.77. The summed E-state index contributed by atoms with van der Waals surface area (Å²) in [5, 5.41) is 3.91. The highest BCUT2D eigenvalue weighted by atomic mass is 16.7. The van der Waals surface area contributed by atoms with Crippen molar-refractivity contribution in [2.24, 2.45) is 10.9 Å². The number of oxime groups is 1. The van der Waals surface area contributed by atoms with Crippen LogP contribution in [0.25, 0.3) is 0 Å². The third-order valence-corrected chi connectivity index (χ3v) is 2.81. The smallest absolute Gasteiger partial charge is 0.264 e. The molecule has 90 valence electrons. The fourth-order valence-electron chi connectivity index (χ4n) is 1.61. The van der Waals surface area contributed by atoms with Crippen molar-refractivity contribution in [2.75, 3.05) is 7.11 Å². The summed E-state index contributed by atoms with van der Waals surface area (Å²) < 4.78 is 5.07. The molecule has 0 aromatic heterocycles. The molecular weight excluding hydrogens is 220 g/mol. The van der Waals surface area contributed by atoms with E-state index in [4.69, 9.17) is 15.3 Å². The molecule has 5 heteroatoms. The van der Waals surface area contributed by atoms with Gasteiger partial charge in [-0.3, -0.25) is 4.79 Å². The minimum atomic E-state index is -1.03. The second-order valence-electron chi connectivity index (χ2n) is 4.13. The first-order chi connectivity index (χ1) is 8.05. The summed E-state index contributed by atoms with van der Waals surface area (Å²) in [5.41, 5.74) is 5.84. The zero-order valence-electron chi connectivity index (χ0n) is 9.77.